The summed E-state index contributed by atoms with van der Waals surface area (Å²) in [7, 11) is 0. The molecule has 0 atom stereocenters. The highest BCUT2D eigenvalue weighted by molar-refractivity contribution is 6.07. The van der Waals surface area contributed by atoms with Gasteiger partial charge >= 0.3 is 0 Å². The summed E-state index contributed by atoms with van der Waals surface area (Å²) in [4.78, 5) is 12.8. The molecule has 2 aromatic heterocycles. The fraction of sp³-hybridized carbons (Fsp3) is 0.375. The monoisotopic (exact) mass is 284 g/mol. The maximum atomic E-state index is 12.8. The minimum absolute atomic E-state index is 0.0330. The Morgan fingerprint density at radius 3 is 2.71 bits per heavy atom. The van der Waals surface area contributed by atoms with Crippen LogP contribution in [0, 0.1) is 0 Å². The lowest BCUT2D eigenvalue weighted by Crippen LogP contribution is -2.21. The first-order chi connectivity index (χ1) is 10.2. The van der Waals surface area contributed by atoms with Crippen molar-refractivity contribution >= 4 is 27.6 Å². The lowest BCUT2D eigenvalue weighted by Gasteiger charge is -2.11. The predicted octanol–water partition coefficient (Wildman–Crippen LogP) is 2.75. The number of hydrogen-bond donors (Lipinski definition) is 1. The first-order valence-electron chi connectivity index (χ1n) is 7.46. The van der Waals surface area contributed by atoms with Crippen molar-refractivity contribution in [2.24, 2.45) is 0 Å². The predicted molar refractivity (Wildman–Crippen MR) is 86.5 cm³/mol. The van der Waals surface area contributed by atoms with Crippen LogP contribution in [0.25, 0.3) is 21.8 Å². The van der Waals surface area contributed by atoms with Crippen LogP contribution in [-0.4, -0.2) is 14.3 Å². The van der Waals surface area contributed by atoms with Gasteiger partial charge in [-0.2, -0.15) is 5.10 Å². The number of aromatic nitrogens is 3. The topological polar surface area (TPSA) is 65.8 Å². The largest absolute Gasteiger partial charge is 0.382 e. The van der Waals surface area contributed by atoms with Crippen molar-refractivity contribution in [1.29, 1.82) is 0 Å². The van der Waals surface area contributed by atoms with Crippen LogP contribution in [0.4, 0.5) is 5.82 Å². The molecule has 0 amide bonds. The molecule has 2 N–H and O–H groups in total. The van der Waals surface area contributed by atoms with Crippen molar-refractivity contribution in [2.75, 3.05) is 5.73 Å². The molecule has 3 rings (SSSR count). The number of pyridine rings is 1. The van der Waals surface area contributed by atoms with Crippen molar-refractivity contribution in [2.45, 2.75) is 39.8 Å². The molecule has 0 saturated heterocycles. The van der Waals surface area contributed by atoms with Gasteiger partial charge in [-0.15, -0.1) is 0 Å². The van der Waals surface area contributed by atoms with E-state index in [2.05, 4.69) is 12.0 Å². The summed E-state index contributed by atoms with van der Waals surface area (Å²) >= 11 is 0. The summed E-state index contributed by atoms with van der Waals surface area (Å²) in [6.45, 7) is 5.52. The average molecular weight is 284 g/mol. The number of nitrogens with two attached hydrogens (primary N) is 1. The third kappa shape index (κ3) is 2.00. The molecule has 0 aliphatic carbocycles. The molecule has 2 heterocycles. The summed E-state index contributed by atoms with van der Waals surface area (Å²) in [6, 6.07) is 7.98. The van der Waals surface area contributed by atoms with Crippen LogP contribution in [0.5, 0.6) is 0 Å². The highest BCUT2D eigenvalue weighted by atomic mass is 16.1. The van der Waals surface area contributed by atoms with Gasteiger partial charge < -0.3 is 10.3 Å². The molecular formula is C16H20N4O. The van der Waals surface area contributed by atoms with E-state index in [0.29, 0.717) is 24.3 Å². The van der Waals surface area contributed by atoms with Gasteiger partial charge in [0, 0.05) is 18.5 Å². The number of nitrogens with zero attached hydrogens (tertiary/aromatic N) is 3. The van der Waals surface area contributed by atoms with Gasteiger partial charge in [-0.3, -0.25) is 9.48 Å². The van der Waals surface area contributed by atoms with E-state index in [-0.39, 0.29) is 5.56 Å². The summed E-state index contributed by atoms with van der Waals surface area (Å²) < 4.78 is 3.65. The van der Waals surface area contributed by atoms with Crippen LogP contribution in [0.1, 0.15) is 26.7 Å². The number of rotatable bonds is 4. The average Bonchev–Trinajstić information content (AvgIpc) is 2.84. The third-order valence-electron chi connectivity index (χ3n) is 3.92. The summed E-state index contributed by atoms with van der Waals surface area (Å²) in [5, 5.41) is 5.91. The van der Waals surface area contributed by atoms with E-state index in [0.717, 1.165) is 29.3 Å². The fourth-order valence-electron chi connectivity index (χ4n) is 2.89. The molecular weight excluding hydrogens is 264 g/mol. The normalized spacial score (nSPS) is 11.5. The van der Waals surface area contributed by atoms with Gasteiger partial charge in [0.05, 0.1) is 11.0 Å². The zero-order chi connectivity index (χ0) is 15.0. The van der Waals surface area contributed by atoms with E-state index in [9.17, 15) is 4.79 Å². The maximum Gasteiger partial charge on any atom is 0.264 e. The van der Waals surface area contributed by atoms with Gasteiger partial charge in [0.15, 0.2) is 5.82 Å². The minimum atomic E-state index is -0.0330. The van der Waals surface area contributed by atoms with Crippen LogP contribution in [0.2, 0.25) is 0 Å². The van der Waals surface area contributed by atoms with Crippen LogP contribution in [0.3, 0.4) is 0 Å². The Labute approximate surface area is 123 Å². The molecule has 110 valence electrons. The Kier molecular flexibility index (Phi) is 3.41. The lowest BCUT2D eigenvalue weighted by atomic mass is 10.1. The molecule has 21 heavy (non-hydrogen) atoms. The molecule has 0 unspecified atom stereocenters. The number of para-hydroxylation sites is 1. The van der Waals surface area contributed by atoms with E-state index < -0.39 is 0 Å². The Hall–Kier alpha value is -2.30. The van der Waals surface area contributed by atoms with E-state index in [4.69, 9.17) is 5.73 Å². The molecule has 0 bridgehead atoms. The molecule has 0 aliphatic heterocycles. The molecule has 0 fully saturated rings. The zero-order valence-electron chi connectivity index (χ0n) is 12.5. The van der Waals surface area contributed by atoms with Crippen LogP contribution in [0.15, 0.2) is 29.1 Å². The van der Waals surface area contributed by atoms with Crippen molar-refractivity contribution in [3.8, 4) is 0 Å². The second-order valence-corrected chi connectivity index (χ2v) is 5.25. The highest BCUT2D eigenvalue weighted by Gasteiger charge is 2.17. The number of aryl methyl sites for hydroxylation is 2. The second-order valence-electron chi connectivity index (χ2n) is 5.25. The van der Waals surface area contributed by atoms with Crippen molar-refractivity contribution in [3.63, 3.8) is 0 Å². The first kappa shape index (κ1) is 13.7. The van der Waals surface area contributed by atoms with Crippen molar-refractivity contribution < 1.29 is 0 Å². The van der Waals surface area contributed by atoms with Gasteiger partial charge in [-0.1, -0.05) is 31.5 Å². The van der Waals surface area contributed by atoms with E-state index >= 15 is 0 Å². The molecule has 5 nitrogen and oxygen atoms in total. The SMILES string of the molecule is CCCCn1c(=O)c2c(N)nn(CC)c2c2ccccc21. The van der Waals surface area contributed by atoms with E-state index in [1.807, 2.05) is 40.4 Å². The van der Waals surface area contributed by atoms with E-state index in [1.165, 1.54) is 0 Å². The Balaban J connectivity index is 2.49. The van der Waals surface area contributed by atoms with Gasteiger partial charge in [0.2, 0.25) is 0 Å². The molecule has 0 radical (unpaired) electrons. The number of unbranched alkanes of at least 4 members (excludes halogenated alkanes) is 1. The smallest absolute Gasteiger partial charge is 0.264 e. The molecule has 1 aromatic carbocycles. The lowest BCUT2D eigenvalue weighted by molar-refractivity contribution is 0.634. The Bertz CT molecular complexity index is 860. The number of fused-ring (bicyclic) bond motifs is 3. The molecule has 5 heteroatoms. The quantitative estimate of drug-likeness (QED) is 0.801. The van der Waals surface area contributed by atoms with Crippen molar-refractivity contribution in [1.82, 2.24) is 14.3 Å². The summed E-state index contributed by atoms with van der Waals surface area (Å²) in [5.74, 6) is 0.327. The fourth-order valence-corrected chi connectivity index (χ4v) is 2.89. The number of benzene rings is 1. The van der Waals surface area contributed by atoms with Crippen molar-refractivity contribution in [3.05, 3.63) is 34.6 Å². The summed E-state index contributed by atoms with van der Waals surface area (Å²) in [6.07, 6.45) is 2.01. The van der Waals surface area contributed by atoms with Gasteiger partial charge in [0.25, 0.3) is 5.56 Å². The summed E-state index contributed by atoms with van der Waals surface area (Å²) in [5.41, 5.74) is 7.77. The Morgan fingerprint density at radius 1 is 1.24 bits per heavy atom. The number of nitrogen functional groups attached to an aromatic ring is 1. The number of anilines is 1. The molecule has 0 aliphatic rings. The zero-order valence-corrected chi connectivity index (χ0v) is 12.5. The van der Waals surface area contributed by atoms with Crippen LogP contribution in [-0.2, 0) is 13.1 Å². The number of hydrogen-bond acceptors (Lipinski definition) is 3. The maximum absolute atomic E-state index is 12.8. The highest BCUT2D eigenvalue weighted by Crippen LogP contribution is 2.26. The van der Waals surface area contributed by atoms with Crippen LogP contribution < -0.4 is 11.3 Å². The standard InChI is InChI=1S/C16H20N4O/c1-3-5-10-19-12-9-7-6-8-11(12)14-13(16(19)21)15(17)18-20(14)4-2/h6-9H,3-5,10H2,1-2H3,(H2,17,18). The molecule has 0 saturated carbocycles. The molecule has 0 spiro atoms. The van der Waals surface area contributed by atoms with E-state index in [1.54, 1.807) is 0 Å². The Morgan fingerprint density at radius 2 is 2.00 bits per heavy atom. The van der Waals surface area contributed by atoms with Gasteiger partial charge in [0.1, 0.15) is 5.39 Å². The first-order valence-corrected chi connectivity index (χ1v) is 7.46. The second kappa shape index (κ2) is 5.24. The minimum Gasteiger partial charge on any atom is -0.382 e. The molecule has 3 aromatic rings. The van der Waals surface area contributed by atoms with Gasteiger partial charge in [-0.05, 0) is 19.4 Å². The van der Waals surface area contributed by atoms with Gasteiger partial charge in [-0.25, -0.2) is 0 Å². The third-order valence-corrected chi connectivity index (χ3v) is 3.92. The van der Waals surface area contributed by atoms with Crippen LogP contribution >= 0.6 is 0 Å².